The van der Waals surface area contributed by atoms with E-state index in [2.05, 4.69) is 10.9 Å². The van der Waals surface area contributed by atoms with Crippen molar-refractivity contribution in [3.8, 4) is 0 Å². The van der Waals surface area contributed by atoms with Crippen LogP contribution in [-0.2, 0) is 19.6 Å². The number of hydrazine groups is 1. The molecule has 0 bridgehead atoms. The summed E-state index contributed by atoms with van der Waals surface area (Å²) in [5.74, 6) is -1.31. The van der Waals surface area contributed by atoms with E-state index in [0.717, 1.165) is 9.75 Å². The number of aryl methyl sites for hydroxylation is 2. The summed E-state index contributed by atoms with van der Waals surface area (Å²) in [5, 5.41) is 0. The van der Waals surface area contributed by atoms with Gasteiger partial charge in [0.25, 0.3) is 5.91 Å². The Hall–Kier alpha value is -2.60. The fourth-order valence-corrected chi connectivity index (χ4v) is 5.66. The summed E-state index contributed by atoms with van der Waals surface area (Å²) in [7, 11) is -3.75. The summed E-state index contributed by atoms with van der Waals surface area (Å²) < 4.78 is 32.0. The molecule has 1 aromatic carbocycles. The first-order chi connectivity index (χ1) is 15.2. The van der Waals surface area contributed by atoms with E-state index in [-0.39, 0.29) is 42.2 Å². The second kappa shape index (κ2) is 10.3. The summed E-state index contributed by atoms with van der Waals surface area (Å²) in [5.41, 5.74) is 5.22. The summed E-state index contributed by atoms with van der Waals surface area (Å²) in [6.07, 6.45) is -0.0646. The molecule has 2 heterocycles. The van der Waals surface area contributed by atoms with E-state index in [9.17, 15) is 22.8 Å². The number of Topliss-reactive ketones (excluding diaryl/α,β-unsaturated/α-hetero) is 1. The largest absolute Gasteiger partial charge is 0.379 e. The molecule has 11 heteroatoms. The molecule has 3 rings (SSSR count). The van der Waals surface area contributed by atoms with Crippen molar-refractivity contribution in [1.29, 1.82) is 0 Å². The predicted octanol–water partition coefficient (Wildman–Crippen LogP) is 1.81. The zero-order chi connectivity index (χ0) is 23.3. The lowest BCUT2D eigenvalue weighted by Crippen LogP contribution is -2.42. The Balaban J connectivity index is 1.54. The van der Waals surface area contributed by atoms with Gasteiger partial charge in [0, 0.05) is 46.8 Å². The number of ether oxygens (including phenoxy) is 1. The first kappa shape index (κ1) is 24.1. The third-order valence-corrected chi connectivity index (χ3v) is 7.80. The maximum atomic E-state index is 12.8. The molecular formula is C21H25N3O6S2. The fraction of sp³-hybridized carbons (Fsp3) is 0.381. The van der Waals surface area contributed by atoms with Gasteiger partial charge in [0.15, 0.2) is 5.78 Å². The Bertz CT molecular complexity index is 1120. The average molecular weight is 480 g/mol. The van der Waals surface area contributed by atoms with Gasteiger partial charge >= 0.3 is 0 Å². The van der Waals surface area contributed by atoms with Crippen LogP contribution in [0.2, 0.25) is 0 Å². The Morgan fingerprint density at radius 2 is 1.78 bits per heavy atom. The van der Waals surface area contributed by atoms with Crippen molar-refractivity contribution in [2.24, 2.45) is 0 Å². The van der Waals surface area contributed by atoms with Crippen LogP contribution >= 0.6 is 11.3 Å². The molecule has 0 aliphatic carbocycles. The first-order valence-corrected chi connectivity index (χ1v) is 12.3. The molecule has 1 fully saturated rings. The summed E-state index contributed by atoms with van der Waals surface area (Å²) in [6, 6.07) is 7.40. The number of thiophene rings is 1. The minimum atomic E-state index is -3.75. The lowest BCUT2D eigenvalue weighted by Gasteiger charge is -2.26. The fourth-order valence-electron chi connectivity index (χ4n) is 3.26. The molecule has 1 saturated heterocycles. The standard InChI is InChI=1S/C21H25N3O6S2/c1-14-12-18(15(2)31-14)19(25)6-7-20(26)22-23-21(27)16-4-3-5-17(13-16)32(28,29)24-8-10-30-11-9-24/h3-5,12-13H,6-11H2,1-2H3,(H,22,26)(H,23,27). The normalized spacial score (nSPS) is 14.7. The molecule has 0 atom stereocenters. The molecule has 9 nitrogen and oxygen atoms in total. The summed E-state index contributed by atoms with van der Waals surface area (Å²) in [6.45, 7) is 4.91. The van der Waals surface area contributed by atoms with E-state index in [4.69, 9.17) is 4.74 Å². The third kappa shape index (κ3) is 5.80. The van der Waals surface area contributed by atoms with Gasteiger partial charge in [-0.1, -0.05) is 6.07 Å². The molecule has 1 aliphatic heterocycles. The average Bonchev–Trinajstić information content (AvgIpc) is 3.14. The Labute approximate surface area is 190 Å². The quantitative estimate of drug-likeness (QED) is 0.461. The second-order valence-corrected chi connectivity index (χ2v) is 10.7. The topological polar surface area (TPSA) is 122 Å². The molecule has 32 heavy (non-hydrogen) atoms. The highest BCUT2D eigenvalue weighted by Crippen LogP contribution is 2.22. The van der Waals surface area contributed by atoms with Crippen LogP contribution in [0, 0.1) is 13.8 Å². The molecule has 0 radical (unpaired) electrons. The summed E-state index contributed by atoms with van der Waals surface area (Å²) >= 11 is 1.52. The Kier molecular flexibility index (Phi) is 7.77. The number of ketones is 1. The number of hydrogen-bond acceptors (Lipinski definition) is 7. The number of benzene rings is 1. The van der Waals surface area contributed by atoms with Crippen LogP contribution in [0.15, 0.2) is 35.2 Å². The van der Waals surface area contributed by atoms with Crippen LogP contribution in [0.5, 0.6) is 0 Å². The molecule has 0 saturated carbocycles. The minimum absolute atomic E-state index is 0.00889. The van der Waals surface area contributed by atoms with E-state index in [1.54, 1.807) is 6.07 Å². The van der Waals surface area contributed by atoms with E-state index < -0.39 is 21.8 Å². The second-order valence-electron chi connectivity index (χ2n) is 7.30. The number of carbonyl (C=O) groups excluding carboxylic acids is 3. The molecule has 2 N–H and O–H groups in total. The van der Waals surface area contributed by atoms with Crippen molar-refractivity contribution in [3.63, 3.8) is 0 Å². The van der Waals surface area contributed by atoms with Crippen LogP contribution in [0.3, 0.4) is 0 Å². The van der Waals surface area contributed by atoms with Gasteiger partial charge < -0.3 is 4.74 Å². The Morgan fingerprint density at radius 3 is 2.44 bits per heavy atom. The van der Waals surface area contributed by atoms with Crippen molar-refractivity contribution >= 4 is 39.0 Å². The molecule has 0 spiro atoms. The summed E-state index contributed by atoms with van der Waals surface area (Å²) in [4.78, 5) is 38.6. The van der Waals surface area contributed by atoms with Crippen LogP contribution in [0.25, 0.3) is 0 Å². The zero-order valence-corrected chi connectivity index (χ0v) is 19.5. The molecule has 1 aliphatic rings. The molecule has 172 valence electrons. The number of nitrogens with zero attached hydrogens (tertiary/aromatic N) is 1. The number of sulfonamides is 1. The van der Waals surface area contributed by atoms with E-state index in [1.807, 2.05) is 13.8 Å². The van der Waals surface area contributed by atoms with Gasteiger partial charge in [-0.05, 0) is 38.1 Å². The minimum Gasteiger partial charge on any atom is -0.379 e. The zero-order valence-electron chi connectivity index (χ0n) is 17.8. The maximum Gasteiger partial charge on any atom is 0.269 e. The SMILES string of the molecule is Cc1cc(C(=O)CCC(=O)NNC(=O)c2cccc(S(=O)(=O)N3CCOCC3)c2)c(C)s1. The molecule has 2 amide bonds. The van der Waals surface area contributed by atoms with Crippen LogP contribution in [0.1, 0.15) is 43.3 Å². The molecular weight excluding hydrogens is 454 g/mol. The van der Waals surface area contributed by atoms with Crippen molar-refractivity contribution in [2.75, 3.05) is 26.3 Å². The van der Waals surface area contributed by atoms with Gasteiger partial charge in [0.1, 0.15) is 0 Å². The number of carbonyl (C=O) groups is 3. The van der Waals surface area contributed by atoms with Gasteiger partial charge in [-0.25, -0.2) is 8.42 Å². The van der Waals surface area contributed by atoms with Gasteiger partial charge in [0.2, 0.25) is 15.9 Å². The Morgan fingerprint density at radius 1 is 1.06 bits per heavy atom. The van der Waals surface area contributed by atoms with Crippen LogP contribution in [0.4, 0.5) is 0 Å². The van der Waals surface area contributed by atoms with E-state index >= 15 is 0 Å². The maximum absolute atomic E-state index is 12.8. The van der Waals surface area contributed by atoms with Crippen molar-refractivity contribution in [1.82, 2.24) is 15.2 Å². The monoisotopic (exact) mass is 479 g/mol. The number of morpholine rings is 1. The third-order valence-electron chi connectivity index (χ3n) is 4.94. The lowest BCUT2D eigenvalue weighted by molar-refractivity contribution is -0.121. The highest BCUT2D eigenvalue weighted by atomic mass is 32.2. The van der Waals surface area contributed by atoms with Gasteiger partial charge in [0.05, 0.1) is 18.1 Å². The van der Waals surface area contributed by atoms with Crippen molar-refractivity contribution < 1.29 is 27.5 Å². The number of amides is 2. The molecule has 2 aromatic rings. The van der Waals surface area contributed by atoms with Crippen molar-refractivity contribution in [3.05, 3.63) is 51.2 Å². The highest BCUT2D eigenvalue weighted by molar-refractivity contribution is 7.89. The van der Waals surface area contributed by atoms with Gasteiger partial charge in [-0.2, -0.15) is 4.31 Å². The number of hydrogen-bond donors (Lipinski definition) is 2. The van der Waals surface area contributed by atoms with Crippen LogP contribution < -0.4 is 10.9 Å². The van der Waals surface area contributed by atoms with Crippen molar-refractivity contribution in [2.45, 2.75) is 31.6 Å². The predicted molar refractivity (Wildman–Crippen MR) is 119 cm³/mol. The lowest BCUT2D eigenvalue weighted by atomic mass is 10.1. The highest BCUT2D eigenvalue weighted by Gasteiger charge is 2.27. The first-order valence-electron chi connectivity index (χ1n) is 10.1. The van der Waals surface area contributed by atoms with E-state index in [1.165, 1.54) is 39.9 Å². The van der Waals surface area contributed by atoms with Gasteiger partial charge in [-0.15, -0.1) is 11.3 Å². The van der Waals surface area contributed by atoms with Crippen LogP contribution in [-0.4, -0.2) is 56.6 Å². The molecule has 0 unspecified atom stereocenters. The number of rotatable bonds is 7. The molecule has 1 aromatic heterocycles. The number of nitrogens with one attached hydrogen (secondary N) is 2. The smallest absolute Gasteiger partial charge is 0.269 e. The van der Waals surface area contributed by atoms with Gasteiger partial charge in [-0.3, -0.25) is 25.2 Å². The van der Waals surface area contributed by atoms with E-state index in [0.29, 0.717) is 18.8 Å².